The molecule has 2 heteroatoms. The largest absolute Gasteiger partial charge is 0.325 e. The number of quaternary nitrogens is 1. The minimum absolute atomic E-state index is 1.35. The molecule has 0 aromatic rings. The van der Waals surface area contributed by atoms with Gasteiger partial charge >= 0.3 is 0 Å². The first-order valence-electron chi connectivity index (χ1n) is 10.7. The maximum Gasteiger partial charge on any atom is 0.0876 e. The molecule has 0 aliphatic carbocycles. The van der Waals surface area contributed by atoms with Crippen LogP contribution in [0.5, 0.6) is 0 Å². The van der Waals surface area contributed by atoms with Crippen molar-refractivity contribution >= 4 is 11.8 Å². The molecule has 0 saturated carbocycles. The highest BCUT2D eigenvalue weighted by atomic mass is 32.2. The van der Waals surface area contributed by atoms with Gasteiger partial charge in [-0.25, -0.2) is 0 Å². The molecule has 0 amide bonds. The molecule has 1 saturated heterocycles. The van der Waals surface area contributed by atoms with Crippen molar-refractivity contribution in [3.8, 4) is 0 Å². The van der Waals surface area contributed by atoms with Gasteiger partial charge in [0.1, 0.15) is 0 Å². The molecule has 0 radical (unpaired) electrons. The van der Waals surface area contributed by atoms with E-state index in [2.05, 4.69) is 25.7 Å². The summed E-state index contributed by atoms with van der Waals surface area (Å²) in [6.07, 6.45) is 20.6. The lowest BCUT2D eigenvalue weighted by molar-refractivity contribution is -0.906. The van der Waals surface area contributed by atoms with Crippen LogP contribution in [0.1, 0.15) is 96.8 Å². The van der Waals surface area contributed by atoms with Crippen LogP contribution < -0.4 is 0 Å². The summed E-state index contributed by atoms with van der Waals surface area (Å²) >= 11 is 2.14. The molecule has 0 unspecified atom stereocenters. The second-order valence-corrected chi connectivity index (χ2v) is 9.22. The van der Waals surface area contributed by atoms with Crippen molar-refractivity contribution in [2.75, 3.05) is 38.2 Å². The van der Waals surface area contributed by atoms with Crippen LogP contribution in [-0.2, 0) is 0 Å². The first-order chi connectivity index (χ1) is 11.3. The minimum Gasteiger partial charge on any atom is -0.325 e. The average Bonchev–Trinajstić information content (AvgIpc) is 2.56. The van der Waals surface area contributed by atoms with E-state index in [-0.39, 0.29) is 0 Å². The van der Waals surface area contributed by atoms with Gasteiger partial charge in [-0.2, -0.15) is 11.8 Å². The lowest BCUT2D eigenvalue weighted by Gasteiger charge is -2.37. The van der Waals surface area contributed by atoms with E-state index in [0.29, 0.717) is 0 Å². The Kier molecular flexibility index (Phi) is 13.6. The first kappa shape index (κ1) is 21.4. The Labute approximate surface area is 151 Å². The van der Waals surface area contributed by atoms with E-state index in [4.69, 9.17) is 0 Å². The molecular weight excluding hydrogens is 298 g/mol. The van der Waals surface area contributed by atoms with Crippen LogP contribution >= 0.6 is 11.8 Å². The van der Waals surface area contributed by atoms with Gasteiger partial charge in [0.25, 0.3) is 0 Å². The summed E-state index contributed by atoms with van der Waals surface area (Å²) < 4.78 is 1.35. The van der Waals surface area contributed by atoms with Crippen molar-refractivity contribution in [1.82, 2.24) is 0 Å². The van der Waals surface area contributed by atoms with Gasteiger partial charge in [0, 0.05) is 11.5 Å². The first-order valence-corrected chi connectivity index (χ1v) is 11.8. The van der Waals surface area contributed by atoms with Crippen LogP contribution in [0.25, 0.3) is 0 Å². The van der Waals surface area contributed by atoms with Crippen molar-refractivity contribution < 1.29 is 4.48 Å². The normalized spacial score (nSPS) is 17.5. The molecule has 0 aromatic carbocycles. The molecule has 1 aliphatic heterocycles. The van der Waals surface area contributed by atoms with Crippen LogP contribution in [0.2, 0.25) is 0 Å². The molecule has 0 atom stereocenters. The average molecular weight is 343 g/mol. The third-order valence-corrected chi connectivity index (χ3v) is 6.54. The maximum absolute atomic E-state index is 2.47. The molecule has 1 aliphatic rings. The highest BCUT2D eigenvalue weighted by Crippen LogP contribution is 2.18. The number of unbranched alkanes of at least 4 members (excludes halogenated alkanes) is 13. The molecular formula is C21H44NS+. The van der Waals surface area contributed by atoms with Gasteiger partial charge < -0.3 is 4.48 Å². The smallest absolute Gasteiger partial charge is 0.0876 e. The van der Waals surface area contributed by atoms with Crippen LogP contribution in [0.4, 0.5) is 0 Å². The van der Waals surface area contributed by atoms with E-state index >= 15 is 0 Å². The van der Waals surface area contributed by atoms with E-state index in [1.165, 1.54) is 126 Å². The molecule has 23 heavy (non-hydrogen) atoms. The Hall–Kier alpha value is 0.310. The number of nitrogens with zero attached hydrogens (tertiary/aromatic N) is 1. The number of hydrogen-bond acceptors (Lipinski definition) is 1. The summed E-state index contributed by atoms with van der Waals surface area (Å²) in [7, 11) is 2.47. The number of hydrogen-bond donors (Lipinski definition) is 0. The zero-order valence-electron chi connectivity index (χ0n) is 16.3. The summed E-state index contributed by atoms with van der Waals surface area (Å²) in [4.78, 5) is 0. The van der Waals surface area contributed by atoms with Gasteiger partial charge in [-0.3, -0.25) is 0 Å². The molecule has 138 valence electrons. The van der Waals surface area contributed by atoms with Crippen LogP contribution in [0.15, 0.2) is 0 Å². The van der Waals surface area contributed by atoms with Crippen molar-refractivity contribution in [1.29, 1.82) is 0 Å². The van der Waals surface area contributed by atoms with Gasteiger partial charge in [-0.15, -0.1) is 0 Å². The summed E-state index contributed by atoms with van der Waals surface area (Å²) in [5.74, 6) is 2.77. The fourth-order valence-electron chi connectivity index (χ4n) is 3.70. The zero-order valence-corrected chi connectivity index (χ0v) is 17.1. The molecule has 1 heterocycles. The Balaban J connectivity index is 1.74. The predicted molar refractivity (Wildman–Crippen MR) is 108 cm³/mol. The second kappa shape index (κ2) is 14.6. The van der Waals surface area contributed by atoms with Gasteiger partial charge in [-0.1, -0.05) is 84.0 Å². The topological polar surface area (TPSA) is 0 Å². The Morgan fingerprint density at radius 2 is 1.00 bits per heavy atom. The Bertz CT molecular complexity index is 248. The van der Waals surface area contributed by atoms with Crippen LogP contribution in [0.3, 0.4) is 0 Å². The third kappa shape index (κ3) is 12.3. The molecule has 0 aromatic heterocycles. The van der Waals surface area contributed by atoms with Gasteiger partial charge in [0.15, 0.2) is 0 Å². The standard InChI is InChI=1S/C21H44NS/c1-3-4-5-6-7-8-9-10-11-12-13-14-15-16-17-22(2)18-20-23-21-19-22/h3-21H2,1-2H3/q+1. The van der Waals surface area contributed by atoms with Crippen molar-refractivity contribution in [3.63, 3.8) is 0 Å². The zero-order chi connectivity index (χ0) is 16.6. The summed E-state index contributed by atoms with van der Waals surface area (Å²) in [5, 5.41) is 0. The van der Waals surface area contributed by atoms with E-state index in [1.54, 1.807) is 0 Å². The van der Waals surface area contributed by atoms with E-state index in [9.17, 15) is 0 Å². The fraction of sp³-hybridized carbons (Fsp3) is 1.00. The quantitative estimate of drug-likeness (QED) is 0.237. The van der Waals surface area contributed by atoms with Crippen LogP contribution in [0, 0.1) is 0 Å². The predicted octanol–water partition coefficient (Wildman–Crippen LogP) is 6.66. The Morgan fingerprint density at radius 1 is 0.609 bits per heavy atom. The monoisotopic (exact) mass is 342 g/mol. The third-order valence-electron chi connectivity index (χ3n) is 5.60. The molecule has 0 N–H and O–H groups in total. The molecule has 0 spiro atoms. The lowest BCUT2D eigenvalue weighted by atomic mass is 10.0. The number of rotatable bonds is 15. The summed E-state index contributed by atoms with van der Waals surface area (Å²) in [5.41, 5.74) is 0. The van der Waals surface area contributed by atoms with Crippen molar-refractivity contribution in [3.05, 3.63) is 0 Å². The highest BCUT2D eigenvalue weighted by molar-refractivity contribution is 7.99. The minimum atomic E-state index is 1.35. The molecule has 0 bridgehead atoms. The number of thioether (sulfide) groups is 1. The fourth-order valence-corrected chi connectivity index (χ4v) is 5.04. The SMILES string of the molecule is CCCCCCCCCCCCCCCC[N+]1(C)CCSCC1. The summed E-state index contributed by atoms with van der Waals surface area (Å²) in [6, 6.07) is 0. The van der Waals surface area contributed by atoms with Crippen molar-refractivity contribution in [2.45, 2.75) is 96.8 Å². The van der Waals surface area contributed by atoms with Crippen molar-refractivity contribution in [2.24, 2.45) is 0 Å². The van der Waals surface area contributed by atoms with Gasteiger partial charge in [0.2, 0.25) is 0 Å². The van der Waals surface area contributed by atoms with E-state index in [1.807, 2.05) is 0 Å². The maximum atomic E-state index is 2.47. The van der Waals surface area contributed by atoms with E-state index in [0.717, 1.165) is 0 Å². The Morgan fingerprint density at radius 3 is 1.43 bits per heavy atom. The van der Waals surface area contributed by atoms with Gasteiger partial charge in [0.05, 0.1) is 26.7 Å². The second-order valence-electron chi connectivity index (χ2n) is 8.00. The lowest BCUT2D eigenvalue weighted by Crippen LogP contribution is -2.50. The molecule has 1 fully saturated rings. The van der Waals surface area contributed by atoms with Crippen LogP contribution in [-0.4, -0.2) is 42.7 Å². The summed E-state index contributed by atoms with van der Waals surface area (Å²) in [6.45, 7) is 6.54. The molecule has 1 rings (SSSR count). The highest BCUT2D eigenvalue weighted by Gasteiger charge is 2.23. The van der Waals surface area contributed by atoms with E-state index < -0.39 is 0 Å². The van der Waals surface area contributed by atoms with Gasteiger partial charge in [-0.05, 0) is 12.8 Å². The molecule has 1 nitrogen and oxygen atoms in total.